The van der Waals surface area contributed by atoms with Gasteiger partial charge in [0.05, 0.1) is 28.6 Å². The van der Waals surface area contributed by atoms with Gasteiger partial charge in [-0.15, -0.1) is 22.7 Å². The van der Waals surface area contributed by atoms with Crippen molar-refractivity contribution >= 4 is 28.6 Å². The first-order chi connectivity index (χ1) is 12.6. The van der Waals surface area contributed by atoms with E-state index in [-0.39, 0.29) is 11.9 Å². The van der Waals surface area contributed by atoms with Crippen molar-refractivity contribution in [3.05, 3.63) is 64.0 Å². The summed E-state index contributed by atoms with van der Waals surface area (Å²) in [6, 6.07) is 13.6. The molecule has 0 aliphatic carbocycles. The van der Waals surface area contributed by atoms with E-state index in [1.807, 2.05) is 53.8 Å². The molecule has 132 valence electrons. The van der Waals surface area contributed by atoms with Crippen LogP contribution >= 0.6 is 22.7 Å². The molecule has 3 aromatic rings. The molecule has 4 nitrogen and oxygen atoms in total. The molecule has 0 unspecified atom stereocenters. The van der Waals surface area contributed by atoms with Crippen LogP contribution in [0, 0.1) is 11.3 Å². The summed E-state index contributed by atoms with van der Waals surface area (Å²) < 4.78 is 0. The molecule has 0 spiro atoms. The molecule has 0 N–H and O–H groups in total. The van der Waals surface area contributed by atoms with E-state index in [4.69, 9.17) is 5.26 Å². The molecule has 26 heavy (non-hydrogen) atoms. The quantitative estimate of drug-likeness (QED) is 0.620. The summed E-state index contributed by atoms with van der Waals surface area (Å²) in [5.74, 6) is 0.0624. The maximum atomic E-state index is 12.8. The lowest BCUT2D eigenvalue weighted by Crippen LogP contribution is -2.37. The van der Waals surface area contributed by atoms with Crippen molar-refractivity contribution in [2.45, 2.75) is 32.9 Å². The van der Waals surface area contributed by atoms with Crippen LogP contribution in [0.25, 0.3) is 9.88 Å². The van der Waals surface area contributed by atoms with E-state index in [2.05, 4.69) is 11.1 Å². The Kier molecular flexibility index (Phi) is 5.82. The molecule has 6 heteroatoms. The predicted octanol–water partition coefficient (Wildman–Crippen LogP) is 4.72. The van der Waals surface area contributed by atoms with Crippen LogP contribution in [0.4, 0.5) is 0 Å². The number of amides is 1. The average Bonchev–Trinajstić information content (AvgIpc) is 3.31. The second-order valence-corrected chi connectivity index (χ2v) is 8.03. The summed E-state index contributed by atoms with van der Waals surface area (Å²) in [5, 5.41) is 13.9. The third kappa shape index (κ3) is 4.37. The summed E-state index contributed by atoms with van der Waals surface area (Å²) >= 11 is 3.23. The number of thiazole rings is 1. The maximum absolute atomic E-state index is 12.8. The Morgan fingerprint density at radius 3 is 2.62 bits per heavy atom. The van der Waals surface area contributed by atoms with Crippen LogP contribution in [0.5, 0.6) is 0 Å². The first-order valence-corrected chi connectivity index (χ1v) is 10.1. The molecule has 3 rings (SSSR count). The highest BCUT2D eigenvalue weighted by atomic mass is 32.1. The average molecular weight is 382 g/mol. The number of aromatic nitrogens is 1. The minimum Gasteiger partial charge on any atom is -0.336 e. The topological polar surface area (TPSA) is 57.0 Å². The smallest absolute Gasteiger partial charge is 0.229 e. The molecule has 1 amide bonds. The Bertz CT molecular complexity index is 905. The molecule has 0 atom stereocenters. The molecule has 0 bridgehead atoms. The number of nitrogens with zero attached hydrogens (tertiary/aromatic N) is 3. The van der Waals surface area contributed by atoms with Gasteiger partial charge in [0.25, 0.3) is 0 Å². The van der Waals surface area contributed by atoms with Crippen molar-refractivity contribution in [2.75, 3.05) is 0 Å². The van der Waals surface area contributed by atoms with Crippen LogP contribution in [0.2, 0.25) is 0 Å². The van der Waals surface area contributed by atoms with Crippen LogP contribution in [-0.2, 0) is 17.8 Å². The van der Waals surface area contributed by atoms with Gasteiger partial charge >= 0.3 is 0 Å². The van der Waals surface area contributed by atoms with Gasteiger partial charge < -0.3 is 4.90 Å². The highest BCUT2D eigenvalue weighted by Gasteiger charge is 2.19. The zero-order valence-corrected chi connectivity index (χ0v) is 16.3. The van der Waals surface area contributed by atoms with Gasteiger partial charge in [0, 0.05) is 18.0 Å². The van der Waals surface area contributed by atoms with E-state index >= 15 is 0 Å². The lowest BCUT2D eigenvalue weighted by atomic mass is 10.1. The minimum absolute atomic E-state index is 0.0624. The van der Waals surface area contributed by atoms with Gasteiger partial charge in [-0.05, 0) is 43.0 Å². The monoisotopic (exact) mass is 381 g/mol. The highest BCUT2D eigenvalue weighted by molar-refractivity contribution is 7.20. The van der Waals surface area contributed by atoms with Crippen molar-refractivity contribution in [2.24, 2.45) is 0 Å². The van der Waals surface area contributed by atoms with Gasteiger partial charge in [0.2, 0.25) is 5.91 Å². The van der Waals surface area contributed by atoms with Crippen molar-refractivity contribution in [1.29, 1.82) is 5.26 Å². The van der Waals surface area contributed by atoms with Gasteiger partial charge in [-0.3, -0.25) is 4.79 Å². The largest absolute Gasteiger partial charge is 0.336 e. The third-order valence-electron chi connectivity index (χ3n) is 4.00. The van der Waals surface area contributed by atoms with E-state index in [1.165, 1.54) is 0 Å². The summed E-state index contributed by atoms with van der Waals surface area (Å²) in [7, 11) is 0. The van der Waals surface area contributed by atoms with Gasteiger partial charge in [0.1, 0.15) is 5.01 Å². The molecule has 0 fully saturated rings. The van der Waals surface area contributed by atoms with E-state index in [0.717, 1.165) is 21.1 Å². The zero-order chi connectivity index (χ0) is 18.5. The lowest BCUT2D eigenvalue weighted by Gasteiger charge is -2.26. The molecule has 1 aromatic carbocycles. The molecule has 0 radical (unpaired) electrons. The first-order valence-electron chi connectivity index (χ1n) is 8.33. The van der Waals surface area contributed by atoms with Crippen LogP contribution in [0.1, 0.15) is 30.7 Å². The Morgan fingerprint density at radius 2 is 2.00 bits per heavy atom. The summed E-state index contributed by atoms with van der Waals surface area (Å²) in [6.45, 7) is 4.56. The third-order valence-corrected chi connectivity index (χ3v) is 5.93. The first kappa shape index (κ1) is 18.3. The molecule has 2 aromatic heterocycles. The number of hydrogen-bond donors (Lipinski definition) is 0. The van der Waals surface area contributed by atoms with Gasteiger partial charge in [-0.1, -0.05) is 18.2 Å². The second-order valence-electron chi connectivity index (χ2n) is 6.22. The molecule has 2 heterocycles. The molecular weight excluding hydrogens is 362 g/mol. The number of carbonyl (C=O) groups is 1. The molecule has 0 aliphatic heterocycles. The SMILES string of the molecule is CC(C)N(Cc1ccc(C#N)cc1)C(=O)Cc1csc(-c2cccs2)n1. The maximum Gasteiger partial charge on any atom is 0.229 e. The number of carbonyl (C=O) groups excluding carboxylic acids is 1. The predicted molar refractivity (Wildman–Crippen MR) is 106 cm³/mol. The van der Waals surface area contributed by atoms with Gasteiger partial charge in [-0.2, -0.15) is 5.26 Å². The van der Waals surface area contributed by atoms with E-state index in [1.54, 1.807) is 34.8 Å². The van der Waals surface area contributed by atoms with E-state index < -0.39 is 0 Å². The number of hydrogen-bond acceptors (Lipinski definition) is 5. The summed E-state index contributed by atoms with van der Waals surface area (Å²) in [4.78, 5) is 20.4. The van der Waals surface area contributed by atoms with Crippen LogP contribution < -0.4 is 0 Å². The van der Waals surface area contributed by atoms with Crippen molar-refractivity contribution < 1.29 is 4.79 Å². The fourth-order valence-electron chi connectivity index (χ4n) is 2.60. The Morgan fingerprint density at radius 1 is 1.23 bits per heavy atom. The van der Waals surface area contributed by atoms with Crippen molar-refractivity contribution in [3.8, 4) is 16.0 Å². The van der Waals surface area contributed by atoms with Crippen LogP contribution in [-0.4, -0.2) is 21.8 Å². The van der Waals surface area contributed by atoms with E-state index in [9.17, 15) is 4.79 Å². The highest BCUT2D eigenvalue weighted by Crippen LogP contribution is 2.28. The zero-order valence-electron chi connectivity index (χ0n) is 14.7. The lowest BCUT2D eigenvalue weighted by molar-refractivity contribution is -0.132. The Balaban J connectivity index is 1.69. The van der Waals surface area contributed by atoms with Gasteiger partial charge in [-0.25, -0.2) is 4.98 Å². The summed E-state index contributed by atoms with van der Waals surface area (Å²) in [6.07, 6.45) is 0.302. The molecular formula is C20H19N3OS2. The number of thiophene rings is 1. The van der Waals surface area contributed by atoms with Crippen molar-refractivity contribution in [3.63, 3.8) is 0 Å². The van der Waals surface area contributed by atoms with Gasteiger partial charge in [0.15, 0.2) is 0 Å². The van der Waals surface area contributed by atoms with Crippen LogP contribution in [0.3, 0.4) is 0 Å². The normalized spacial score (nSPS) is 10.7. The number of benzene rings is 1. The fourth-order valence-corrected chi connectivity index (χ4v) is 4.23. The minimum atomic E-state index is 0.0624. The standard InChI is InChI=1S/C20H19N3OS2/c1-14(2)23(12-16-7-5-15(11-21)6-8-16)19(24)10-17-13-26-20(22-17)18-4-3-9-25-18/h3-9,13-14H,10,12H2,1-2H3. The molecule has 0 aliphatic rings. The Hall–Kier alpha value is -2.49. The second kappa shape index (κ2) is 8.26. The number of nitriles is 1. The van der Waals surface area contributed by atoms with Crippen LogP contribution in [0.15, 0.2) is 47.2 Å². The molecule has 0 saturated carbocycles. The molecule has 0 saturated heterocycles. The fraction of sp³-hybridized carbons (Fsp3) is 0.250. The summed E-state index contributed by atoms with van der Waals surface area (Å²) in [5.41, 5.74) is 2.46. The van der Waals surface area contributed by atoms with Crippen molar-refractivity contribution in [1.82, 2.24) is 9.88 Å². The van der Waals surface area contributed by atoms with E-state index in [0.29, 0.717) is 18.5 Å². The Labute approximate surface area is 161 Å². The number of rotatable bonds is 6.